The van der Waals surface area contributed by atoms with Gasteiger partial charge in [-0.25, -0.2) is 4.99 Å². The maximum Gasteiger partial charge on any atom is 0.212 e. The van der Waals surface area contributed by atoms with Crippen molar-refractivity contribution in [2.45, 2.75) is 90.6 Å². The highest BCUT2D eigenvalue weighted by molar-refractivity contribution is 6.74. The molecular weight excluding hydrogens is 278 g/mol. The summed E-state index contributed by atoms with van der Waals surface area (Å²) < 4.78 is 12.1. The van der Waals surface area contributed by atoms with Crippen LogP contribution in [-0.4, -0.2) is 33.5 Å². The van der Waals surface area contributed by atoms with Crippen LogP contribution in [0.5, 0.6) is 0 Å². The minimum atomic E-state index is -1.80. The van der Waals surface area contributed by atoms with E-state index in [0.717, 1.165) is 12.3 Å². The summed E-state index contributed by atoms with van der Waals surface area (Å²) in [5, 5.41) is 0.214. The standard InChI is InChI=1S/C17H35NO2Si/c1-9-10-11-12-14-13(2)15(16(18-14)19-6)20-21(7,8)17(3,4)5/h13-15H,9-12H2,1-8H3/t13-,14+,15?/m0/s1. The summed E-state index contributed by atoms with van der Waals surface area (Å²) in [6.45, 7) is 16.0. The molecular formula is C17H35NO2Si. The number of rotatable bonds is 6. The molecule has 1 rings (SSSR count). The Morgan fingerprint density at radius 1 is 1.19 bits per heavy atom. The molecule has 4 heteroatoms. The van der Waals surface area contributed by atoms with Crippen molar-refractivity contribution >= 4 is 14.2 Å². The highest BCUT2D eigenvalue weighted by Crippen LogP contribution is 2.40. The third-order valence-corrected chi connectivity index (χ3v) is 9.62. The topological polar surface area (TPSA) is 30.8 Å². The minimum absolute atomic E-state index is 0.0440. The molecule has 0 spiro atoms. The van der Waals surface area contributed by atoms with E-state index in [2.05, 4.69) is 47.7 Å². The van der Waals surface area contributed by atoms with E-state index in [1.165, 1.54) is 19.3 Å². The summed E-state index contributed by atoms with van der Waals surface area (Å²) >= 11 is 0. The molecule has 0 bridgehead atoms. The first-order valence-corrected chi connectivity index (χ1v) is 11.3. The van der Waals surface area contributed by atoms with Crippen LogP contribution in [0.15, 0.2) is 4.99 Å². The molecule has 3 atom stereocenters. The van der Waals surface area contributed by atoms with Crippen LogP contribution in [0.3, 0.4) is 0 Å². The van der Waals surface area contributed by atoms with Crippen molar-refractivity contribution in [1.82, 2.24) is 0 Å². The molecule has 21 heavy (non-hydrogen) atoms. The van der Waals surface area contributed by atoms with E-state index in [0.29, 0.717) is 12.0 Å². The van der Waals surface area contributed by atoms with Crippen molar-refractivity contribution in [1.29, 1.82) is 0 Å². The Labute approximate surface area is 132 Å². The Morgan fingerprint density at radius 3 is 2.29 bits per heavy atom. The lowest BCUT2D eigenvalue weighted by Crippen LogP contribution is -2.47. The zero-order chi connectivity index (χ0) is 16.3. The smallest absolute Gasteiger partial charge is 0.212 e. The van der Waals surface area contributed by atoms with Gasteiger partial charge in [0.25, 0.3) is 0 Å². The van der Waals surface area contributed by atoms with E-state index in [9.17, 15) is 0 Å². The molecule has 3 nitrogen and oxygen atoms in total. The fourth-order valence-corrected chi connectivity index (χ4v) is 3.84. The van der Waals surface area contributed by atoms with Gasteiger partial charge >= 0.3 is 0 Å². The maximum absolute atomic E-state index is 6.60. The molecule has 1 aliphatic heterocycles. The molecule has 0 aromatic rings. The predicted octanol–water partition coefficient (Wildman–Crippen LogP) is 5.02. The Bertz CT molecular complexity index is 360. The highest BCUT2D eigenvalue weighted by atomic mass is 28.4. The number of aliphatic imine (C=N–C) groups is 1. The van der Waals surface area contributed by atoms with Gasteiger partial charge in [0.05, 0.1) is 13.2 Å². The minimum Gasteiger partial charge on any atom is -0.482 e. The Hall–Kier alpha value is -0.353. The first-order chi connectivity index (χ1) is 9.64. The number of hydrogen-bond donors (Lipinski definition) is 0. The van der Waals surface area contributed by atoms with Gasteiger partial charge in [-0.15, -0.1) is 0 Å². The third kappa shape index (κ3) is 4.56. The summed E-state index contributed by atoms with van der Waals surface area (Å²) in [4.78, 5) is 4.80. The zero-order valence-electron chi connectivity index (χ0n) is 15.3. The second kappa shape index (κ2) is 7.27. The van der Waals surface area contributed by atoms with Crippen LogP contribution in [0.2, 0.25) is 18.1 Å². The van der Waals surface area contributed by atoms with E-state index in [-0.39, 0.29) is 11.1 Å². The van der Waals surface area contributed by atoms with Gasteiger partial charge in [0.1, 0.15) is 6.10 Å². The van der Waals surface area contributed by atoms with Crippen molar-refractivity contribution < 1.29 is 9.16 Å². The fourth-order valence-electron chi connectivity index (χ4n) is 2.53. The lowest BCUT2D eigenvalue weighted by Gasteiger charge is -2.39. The molecule has 0 fully saturated rings. The van der Waals surface area contributed by atoms with Crippen molar-refractivity contribution in [2.75, 3.05) is 7.11 Å². The fraction of sp³-hybridized carbons (Fsp3) is 0.941. The van der Waals surface area contributed by atoms with Gasteiger partial charge in [0.15, 0.2) is 8.32 Å². The number of unbranched alkanes of at least 4 members (excludes halogenated alkanes) is 2. The largest absolute Gasteiger partial charge is 0.482 e. The number of nitrogens with zero attached hydrogens (tertiary/aromatic N) is 1. The van der Waals surface area contributed by atoms with E-state index in [1.807, 2.05) is 0 Å². The average Bonchev–Trinajstić information content (AvgIpc) is 2.66. The molecule has 1 aliphatic rings. The van der Waals surface area contributed by atoms with Crippen molar-refractivity contribution in [3.05, 3.63) is 0 Å². The van der Waals surface area contributed by atoms with Crippen LogP contribution in [0, 0.1) is 5.92 Å². The molecule has 0 N–H and O–H groups in total. The SMILES string of the molecule is CCCCC[C@H]1N=C(OC)C(O[Si](C)(C)C(C)(C)C)[C@H]1C. The Morgan fingerprint density at radius 2 is 1.81 bits per heavy atom. The first-order valence-electron chi connectivity index (χ1n) is 8.43. The highest BCUT2D eigenvalue weighted by Gasteiger charge is 2.45. The second-order valence-corrected chi connectivity index (χ2v) is 12.6. The molecule has 0 aromatic heterocycles. The van der Waals surface area contributed by atoms with Crippen LogP contribution in [0.1, 0.15) is 60.3 Å². The molecule has 0 radical (unpaired) electrons. The van der Waals surface area contributed by atoms with E-state index in [1.54, 1.807) is 7.11 Å². The zero-order valence-corrected chi connectivity index (χ0v) is 16.3. The Kier molecular flexibility index (Phi) is 6.48. The summed E-state index contributed by atoms with van der Waals surface area (Å²) in [5.41, 5.74) is 0. The van der Waals surface area contributed by atoms with Crippen LogP contribution in [0.25, 0.3) is 0 Å². The predicted molar refractivity (Wildman–Crippen MR) is 93.6 cm³/mol. The summed E-state index contributed by atoms with van der Waals surface area (Å²) in [6.07, 6.45) is 4.99. The molecule has 0 aromatic carbocycles. The quantitative estimate of drug-likeness (QED) is 0.509. The van der Waals surface area contributed by atoms with Crippen molar-refractivity contribution in [3.8, 4) is 0 Å². The van der Waals surface area contributed by atoms with Crippen LogP contribution in [-0.2, 0) is 9.16 Å². The van der Waals surface area contributed by atoms with Gasteiger partial charge in [-0.1, -0.05) is 53.9 Å². The number of hydrogen-bond acceptors (Lipinski definition) is 3. The lowest BCUT2D eigenvalue weighted by atomic mass is 9.95. The van der Waals surface area contributed by atoms with Crippen LogP contribution >= 0.6 is 0 Å². The molecule has 0 amide bonds. The molecule has 1 heterocycles. The van der Waals surface area contributed by atoms with E-state index >= 15 is 0 Å². The number of ether oxygens (including phenoxy) is 1. The van der Waals surface area contributed by atoms with Gasteiger partial charge in [-0.2, -0.15) is 0 Å². The van der Waals surface area contributed by atoms with Gasteiger partial charge in [-0.05, 0) is 24.6 Å². The van der Waals surface area contributed by atoms with Gasteiger partial charge < -0.3 is 9.16 Å². The lowest BCUT2D eigenvalue weighted by molar-refractivity contribution is 0.161. The number of methoxy groups -OCH3 is 1. The summed E-state index contributed by atoms with van der Waals surface area (Å²) in [5.74, 6) is 1.24. The molecule has 124 valence electrons. The van der Waals surface area contributed by atoms with Crippen molar-refractivity contribution in [3.63, 3.8) is 0 Å². The Balaban J connectivity index is 2.77. The normalized spacial score (nSPS) is 26.9. The van der Waals surface area contributed by atoms with Gasteiger partial charge in [0.2, 0.25) is 5.90 Å². The maximum atomic E-state index is 6.60. The van der Waals surface area contributed by atoms with Crippen LogP contribution in [0.4, 0.5) is 0 Å². The monoisotopic (exact) mass is 313 g/mol. The second-order valence-electron chi connectivity index (χ2n) is 7.89. The first kappa shape index (κ1) is 18.7. The van der Waals surface area contributed by atoms with Crippen LogP contribution < -0.4 is 0 Å². The summed E-state index contributed by atoms with van der Waals surface area (Å²) in [6, 6.07) is 0.362. The average molecular weight is 314 g/mol. The van der Waals surface area contributed by atoms with Gasteiger partial charge in [-0.3, -0.25) is 0 Å². The summed E-state index contributed by atoms with van der Waals surface area (Å²) in [7, 11) is -0.0742. The van der Waals surface area contributed by atoms with E-state index in [4.69, 9.17) is 14.2 Å². The molecule has 0 saturated carbocycles. The van der Waals surface area contributed by atoms with E-state index < -0.39 is 8.32 Å². The molecule has 0 saturated heterocycles. The van der Waals surface area contributed by atoms with Gasteiger partial charge in [0, 0.05) is 5.92 Å². The van der Waals surface area contributed by atoms with Crippen molar-refractivity contribution in [2.24, 2.45) is 10.9 Å². The molecule has 1 unspecified atom stereocenters. The molecule has 0 aliphatic carbocycles. The third-order valence-electron chi connectivity index (χ3n) is 5.16.